The number of aliphatic hydroxyl groups is 1. The standard InChI is InChI=1S/C38H44N4O2/c1-40(2)20-19-38(43,34-16-10-14-29-11-8-9-15-32(29)34)36(30-12-6-5-7-13-30)33-26-31-25-28(17-18-35(31)39-37(33)44-4)27-42-23-21-41(3)22-24-42/h5-18,25-26,36,43H,19-24,27H2,1-4H3. The Bertz CT molecular complexity index is 1710. The predicted molar refractivity (Wildman–Crippen MR) is 180 cm³/mol. The van der Waals surface area contributed by atoms with E-state index in [-0.39, 0.29) is 0 Å². The lowest BCUT2D eigenvalue weighted by Gasteiger charge is -2.39. The van der Waals surface area contributed by atoms with Crippen LogP contribution in [0.1, 0.15) is 34.6 Å². The lowest BCUT2D eigenvalue weighted by atomic mass is 9.70. The SMILES string of the molecule is COc1nc2ccc(CN3CCN(C)CC3)cc2cc1C(c1ccccc1)C(O)(CCN(C)C)c1cccc2ccccc12. The number of hydrogen-bond donors (Lipinski definition) is 1. The van der Waals surface area contributed by atoms with E-state index in [1.165, 1.54) is 5.56 Å². The lowest BCUT2D eigenvalue weighted by molar-refractivity contribution is 0.00520. The molecule has 1 saturated heterocycles. The van der Waals surface area contributed by atoms with Gasteiger partial charge in [-0.25, -0.2) is 4.98 Å². The van der Waals surface area contributed by atoms with Crippen molar-refractivity contribution in [3.8, 4) is 5.88 Å². The van der Waals surface area contributed by atoms with Crippen LogP contribution in [0, 0.1) is 0 Å². The second-order valence-electron chi connectivity index (χ2n) is 12.5. The first-order valence-electron chi connectivity index (χ1n) is 15.6. The Labute approximate surface area is 261 Å². The minimum absolute atomic E-state index is 0.428. The van der Waals surface area contributed by atoms with E-state index in [1.807, 2.05) is 18.2 Å². The van der Waals surface area contributed by atoms with Gasteiger partial charge in [-0.3, -0.25) is 4.90 Å². The van der Waals surface area contributed by atoms with Gasteiger partial charge in [-0.1, -0.05) is 78.9 Å². The van der Waals surface area contributed by atoms with Crippen LogP contribution in [-0.4, -0.2) is 85.8 Å². The van der Waals surface area contributed by atoms with E-state index < -0.39 is 11.5 Å². The first-order chi connectivity index (χ1) is 21.4. The normalized spacial score (nSPS) is 16.8. The van der Waals surface area contributed by atoms with Gasteiger partial charge in [0.15, 0.2) is 0 Å². The maximum absolute atomic E-state index is 13.3. The predicted octanol–water partition coefficient (Wildman–Crippen LogP) is 6.12. The highest BCUT2D eigenvalue weighted by atomic mass is 16.5. The van der Waals surface area contributed by atoms with E-state index in [1.54, 1.807) is 7.11 Å². The van der Waals surface area contributed by atoms with Crippen molar-refractivity contribution < 1.29 is 9.84 Å². The van der Waals surface area contributed by atoms with Gasteiger partial charge in [-0.2, -0.15) is 0 Å². The van der Waals surface area contributed by atoms with Gasteiger partial charge in [0.05, 0.1) is 12.6 Å². The summed E-state index contributed by atoms with van der Waals surface area (Å²) in [7, 11) is 7.98. The number of benzene rings is 4. The molecule has 0 radical (unpaired) electrons. The first kappa shape index (κ1) is 30.2. The van der Waals surface area contributed by atoms with Crippen molar-refractivity contribution in [2.75, 3.05) is 61.0 Å². The van der Waals surface area contributed by atoms with Gasteiger partial charge >= 0.3 is 0 Å². The van der Waals surface area contributed by atoms with Crippen LogP contribution < -0.4 is 4.74 Å². The summed E-state index contributed by atoms with van der Waals surface area (Å²) in [6, 6.07) is 33.7. The molecule has 0 saturated carbocycles. The highest BCUT2D eigenvalue weighted by molar-refractivity contribution is 5.87. The Kier molecular flexibility index (Phi) is 8.96. The molecule has 0 bridgehead atoms. The van der Waals surface area contributed by atoms with E-state index >= 15 is 0 Å². The van der Waals surface area contributed by atoms with Gasteiger partial charge in [0.25, 0.3) is 0 Å². The minimum atomic E-state index is -1.26. The van der Waals surface area contributed by atoms with Crippen molar-refractivity contribution in [2.24, 2.45) is 0 Å². The van der Waals surface area contributed by atoms with Gasteiger partial charge in [-0.15, -0.1) is 0 Å². The van der Waals surface area contributed by atoms with E-state index in [0.717, 1.165) is 71.1 Å². The number of nitrogens with zero attached hydrogens (tertiary/aromatic N) is 4. The highest BCUT2D eigenvalue weighted by Gasteiger charge is 2.43. The zero-order valence-electron chi connectivity index (χ0n) is 26.4. The smallest absolute Gasteiger partial charge is 0.217 e. The number of piperazine rings is 1. The summed E-state index contributed by atoms with van der Waals surface area (Å²) in [6.45, 7) is 5.95. The highest BCUT2D eigenvalue weighted by Crippen LogP contribution is 2.49. The molecule has 2 unspecified atom stereocenters. The van der Waals surface area contributed by atoms with Gasteiger partial charge in [0.2, 0.25) is 5.88 Å². The topological polar surface area (TPSA) is 52.1 Å². The lowest BCUT2D eigenvalue weighted by Crippen LogP contribution is -2.43. The molecule has 4 aromatic carbocycles. The molecule has 1 N–H and O–H groups in total. The van der Waals surface area contributed by atoms with Gasteiger partial charge in [0, 0.05) is 56.1 Å². The van der Waals surface area contributed by atoms with Crippen LogP contribution >= 0.6 is 0 Å². The first-order valence-corrected chi connectivity index (χ1v) is 15.6. The van der Waals surface area contributed by atoms with Gasteiger partial charge in [0.1, 0.15) is 5.60 Å². The summed E-state index contributed by atoms with van der Waals surface area (Å²) in [5.41, 5.74) is 3.73. The third-order valence-electron chi connectivity index (χ3n) is 9.18. The molecule has 1 fully saturated rings. The van der Waals surface area contributed by atoms with Crippen LogP contribution in [0.4, 0.5) is 0 Å². The van der Waals surface area contributed by atoms with Crippen molar-refractivity contribution in [3.63, 3.8) is 0 Å². The van der Waals surface area contributed by atoms with Crippen molar-refractivity contribution in [3.05, 3.63) is 119 Å². The van der Waals surface area contributed by atoms with E-state index in [9.17, 15) is 5.11 Å². The Hall–Kier alpha value is -3.81. The molecule has 5 aromatic rings. The third-order valence-corrected chi connectivity index (χ3v) is 9.18. The molecule has 228 valence electrons. The van der Waals surface area contributed by atoms with Crippen molar-refractivity contribution in [1.82, 2.24) is 19.7 Å². The van der Waals surface area contributed by atoms with Crippen LogP contribution in [0.3, 0.4) is 0 Å². The van der Waals surface area contributed by atoms with E-state index in [0.29, 0.717) is 18.8 Å². The van der Waals surface area contributed by atoms with Crippen molar-refractivity contribution in [1.29, 1.82) is 0 Å². The van der Waals surface area contributed by atoms with E-state index in [4.69, 9.17) is 9.72 Å². The van der Waals surface area contributed by atoms with Gasteiger partial charge in [-0.05, 0) is 73.2 Å². The second-order valence-corrected chi connectivity index (χ2v) is 12.5. The average Bonchev–Trinajstić information content (AvgIpc) is 3.05. The Morgan fingerprint density at radius 3 is 2.34 bits per heavy atom. The third kappa shape index (κ3) is 6.21. The maximum atomic E-state index is 13.3. The largest absolute Gasteiger partial charge is 0.481 e. The Balaban J connectivity index is 1.53. The number of methoxy groups -OCH3 is 1. The number of aromatic nitrogens is 1. The Morgan fingerprint density at radius 2 is 1.59 bits per heavy atom. The molecule has 1 aliphatic rings. The van der Waals surface area contributed by atoms with Gasteiger partial charge < -0.3 is 19.6 Å². The molecule has 6 heteroatoms. The zero-order chi connectivity index (χ0) is 30.7. The fourth-order valence-corrected chi connectivity index (χ4v) is 6.75. The fourth-order valence-electron chi connectivity index (χ4n) is 6.75. The van der Waals surface area contributed by atoms with Crippen LogP contribution in [0.15, 0.2) is 97.1 Å². The molecular formula is C38H44N4O2. The molecule has 1 aromatic heterocycles. The Morgan fingerprint density at radius 1 is 0.864 bits per heavy atom. The van der Waals surface area contributed by atoms with Crippen LogP contribution in [0.25, 0.3) is 21.7 Å². The summed E-state index contributed by atoms with van der Waals surface area (Å²) >= 11 is 0. The second kappa shape index (κ2) is 13.0. The zero-order valence-corrected chi connectivity index (χ0v) is 26.4. The van der Waals surface area contributed by atoms with Crippen LogP contribution in [0.2, 0.25) is 0 Å². The molecule has 0 spiro atoms. The summed E-state index contributed by atoms with van der Waals surface area (Å²) in [4.78, 5) is 12.1. The molecule has 44 heavy (non-hydrogen) atoms. The molecule has 6 nitrogen and oxygen atoms in total. The minimum Gasteiger partial charge on any atom is -0.481 e. The van der Waals surface area contributed by atoms with E-state index in [2.05, 4.69) is 115 Å². The summed E-state index contributed by atoms with van der Waals surface area (Å²) in [6.07, 6.45) is 0.526. The summed E-state index contributed by atoms with van der Waals surface area (Å²) in [5.74, 6) is 0.115. The number of ether oxygens (including phenoxy) is 1. The molecule has 2 heterocycles. The number of pyridine rings is 1. The van der Waals surface area contributed by atoms with Crippen molar-refractivity contribution >= 4 is 21.7 Å². The summed E-state index contributed by atoms with van der Waals surface area (Å²) < 4.78 is 6.02. The fraction of sp³-hybridized carbons (Fsp3) is 0.342. The number of hydrogen-bond acceptors (Lipinski definition) is 6. The average molecular weight is 589 g/mol. The van der Waals surface area contributed by atoms with Crippen LogP contribution in [0.5, 0.6) is 5.88 Å². The van der Waals surface area contributed by atoms with Crippen LogP contribution in [-0.2, 0) is 12.1 Å². The molecule has 0 amide bonds. The molecular weight excluding hydrogens is 544 g/mol. The number of rotatable bonds is 10. The molecule has 1 aliphatic heterocycles. The number of fused-ring (bicyclic) bond motifs is 2. The molecule has 0 aliphatic carbocycles. The monoisotopic (exact) mass is 588 g/mol. The maximum Gasteiger partial charge on any atom is 0.217 e. The molecule has 2 atom stereocenters. The summed E-state index contributed by atoms with van der Waals surface area (Å²) in [5, 5.41) is 16.5. The number of likely N-dealkylation sites (N-methyl/N-ethyl adjacent to an activating group) is 1. The molecule has 6 rings (SSSR count). The van der Waals surface area contributed by atoms with Crippen molar-refractivity contribution in [2.45, 2.75) is 24.5 Å². The quantitative estimate of drug-likeness (QED) is 0.212.